The van der Waals surface area contributed by atoms with E-state index in [-0.39, 0.29) is 17.9 Å². The molecule has 6 heteroatoms. The maximum absolute atomic E-state index is 12.3. The number of aliphatic hydroxyl groups excluding tert-OH is 1. The first-order valence-corrected chi connectivity index (χ1v) is 7.36. The molecule has 0 bridgehead atoms. The summed E-state index contributed by atoms with van der Waals surface area (Å²) < 4.78 is 31.3. The van der Waals surface area contributed by atoms with Crippen LogP contribution in [-0.2, 0) is 14.8 Å². The number of aliphatic hydroxyl groups is 1. The lowest BCUT2D eigenvalue weighted by Crippen LogP contribution is -2.44. The minimum absolute atomic E-state index is 0.0670. The van der Waals surface area contributed by atoms with Crippen molar-refractivity contribution in [1.82, 2.24) is 4.31 Å². The van der Waals surface area contributed by atoms with Gasteiger partial charge in [0.1, 0.15) is 0 Å². The van der Waals surface area contributed by atoms with Crippen LogP contribution in [0.1, 0.15) is 25.7 Å². The maximum atomic E-state index is 12.3. The van der Waals surface area contributed by atoms with Gasteiger partial charge in [0.15, 0.2) is 0 Å². The summed E-state index contributed by atoms with van der Waals surface area (Å²) in [5.74, 6) is 0. The summed E-state index contributed by atoms with van der Waals surface area (Å²) in [4.78, 5) is 0. The molecule has 0 aromatic carbocycles. The first kappa shape index (κ1) is 12.3. The molecule has 2 heterocycles. The minimum Gasteiger partial charge on any atom is -0.395 e. The molecule has 94 valence electrons. The summed E-state index contributed by atoms with van der Waals surface area (Å²) >= 11 is 0. The van der Waals surface area contributed by atoms with Crippen LogP contribution in [0.2, 0.25) is 0 Å². The van der Waals surface area contributed by atoms with Gasteiger partial charge in [0.05, 0.1) is 11.9 Å². The fraction of sp³-hybridized carbons (Fsp3) is 1.00. The Bertz CT molecular complexity index is 324. The SMILES string of the molecule is O=S(=O)(C1CCOCC1)N1CCCC1CO. The van der Waals surface area contributed by atoms with Crippen LogP contribution in [0.5, 0.6) is 0 Å². The molecule has 2 aliphatic heterocycles. The lowest BCUT2D eigenvalue weighted by atomic mass is 10.2. The van der Waals surface area contributed by atoms with Crippen molar-refractivity contribution in [3.8, 4) is 0 Å². The molecule has 0 spiro atoms. The van der Waals surface area contributed by atoms with Crippen LogP contribution < -0.4 is 0 Å². The first-order valence-electron chi connectivity index (χ1n) is 5.85. The topological polar surface area (TPSA) is 66.8 Å². The lowest BCUT2D eigenvalue weighted by Gasteiger charge is -2.29. The van der Waals surface area contributed by atoms with Crippen LogP contribution >= 0.6 is 0 Å². The van der Waals surface area contributed by atoms with Gasteiger partial charge in [-0.3, -0.25) is 0 Å². The average Bonchev–Trinajstić information content (AvgIpc) is 2.79. The Morgan fingerprint density at radius 1 is 1.25 bits per heavy atom. The number of hydrogen-bond donors (Lipinski definition) is 1. The molecule has 2 saturated heterocycles. The molecule has 0 aliphatic carbocycles. The Balaban J connectivity index is 2.11. The summed E-state index contributed by atoms with van der Waals surface area (Å²) in [6.45, 7) is 1.55. The van der Waals surface area contributed by atoms with Crippen LogP contribution in [0, 0.1) is 0 Å². The second kappa shape index (κ2) is 5.00. The van der Waals surface area contributed by atoms with Crippen molar-refractivity contribution in [2.45, 2.75) is 37.0 Å². The second-order valence-corrected chi connectivity index (χ2v) is 6.61. The van der Waals surface area contributed by atoms with Gasteiger partial charge in [-0.25, -0.2) is 8.42 Å². The highest BCUT2D eigenvalue weighted by Gasteiger charge is 2.39. The molecule has 16 heavy (non-hydrogen) atoms. The Morgan fingerprint density at radius 2 is 1.94 bits per heavy atom. The maximum Gasteiger partial charge on any atom is 0.217 e. The highest BCUT2D eigenvalue weighted by atomic mass is 32.2. The van der Waals surface area contributed by atoms with Crippen LogP contribution in [0.4, 0.5) is 0 Å². The zero-order chi connectivity index (χ0) is 11.6. The van der Waals surface area contributed by atoms with Crippen LogP contribution in [0.15, 0.2) is 0 Å². The number of hydrogen-bond acceptors (Lipinski definition) is 4. The third-order valence-electron chi connectivity index (χ3n) is 3.45. The smallest absolute Gasteiger partial charge is 0.217 e. The molecular weight excluding hydrogens is 230 g/mol. The molecule has 0 saturated carbocycles. The molecule has 1 atom stereocenters. The minimum atomic E-state index is -3.23. The van der Waals surface area contributed by atoms with Gasteiger partial charge in [0, 0.05) is 25.8 Å². The highest BCUT2D eigenvalue weighted by Crippen LogP contribution is 2.27. The quantitative estimate of drug-likeness (QED) is 0.761. The number of sulfonamides is 1. The van der Waals surface area contributed by atoms with Crippen molar-refractivity contribution in [2.75, 3.05) is 26.4 Å². The standard InChI is InChI=1S/C10H19NO4S/c12-8-9-2-1-5-11(9)16(13,14)10-3-6-15-7-4-10/h9-10,12H,1-8H2. The van der Waals surface area contributed by atoms with Gasteiger partial charge in [-0.2, -0.15) is 4.31 Å². The molecule has 0 aromatic rings. The molecule has 1 N–H and O–H groups in total. The monoisotopic (exact) mass is 249 g/mol. The Kier molecular flexibility index (Phi) is 3.84. The fourth-order valence-corrected chi connectivity index (χ4v) is 4.63. The number of rotatable bonds is 3. The summed E-state index contributed by atoms with van der Waals surface area (Å²) in [6, 6.07) is -0.201. The van der Waals surface area contributed by atoms with E-state index in [9.17, 15) is 8.42 Å². The van der Waals surface area contributed by atoms with Crippen LogP contribution in [0.25, 0.3) is 0 Å². The van der Waals surface area contributed by atoms with Crippen molar-refractivity contribution >= 4 is 10.0 Å². The average molecular weight is 249 g/mol. The van der Waals surface area contributed by atoms with Crippen LogP contribution in [0.3, 0.4) is 0 Å². The predicted molar refractivity (Wildman–Crippen MR) is 59.6 cm³/mol. The highest BCUT2D eigenvalue weighted by molar-refractivity contribution is 7.89. The third kappa shape index (κ3) is 2.25. The molecule has 0 aromatic heterocycles. The van der Waals surface area contributed by atoms with Crippen molar-refractivity contribution in [3.05, 3.63) is 0 Å². The molecule has 2 aliphatic rings. The van der Waals surface area contributed by atoms with Crippen molar-refractivity contribution < 1.29 is 18.3 Å². The van der Waals surface area contributed by atoms with E-state index in [0.717, 1.165) is 12.8 Å². The third-order valence-corrected chi connectivity index (χ3v) is 5.90. The Labute approximate surface area is 96.4 Å². The molecular formula is C10H19NO4S. The first-order chi connectivity index (χ1) is 7.66. The zero-order valence-electron chi connectivity index (χ0n) is 9.34. The van der Waals surface area contributed by atoms with Crippen molar-refractivity contribution in [3.63, 3.8) is 0 Å². The van der Waals surface area contributed by atoms with E-state index in [1.807, 2.05) is 0 Å². The van der Waals surface area contributed by atoms with E-state index < -0.39 is 10.0 Å². The van der Waals surface area contributed by atoms with Crippen molar-refractivity contribution in [1.29, 1.82) is 0 Å². The van der Waals surface area contributed by atoms with E-state index in [1.54, 1.807) is 0 Å². The molecule has 5 nitrogen and oxygen atoms in total. The van der Waals surface area contributed by atoms with E-state index >= 15 is 0 Å². The summed E-state index contributed by atoms with van der Waals surface area (Å²) in [6.07, 6.45) is 2.79. The zero-order valence-corrected chi connectivity index (χ0v) is 10.2. The van der Waals surface area contributed by atoms with E-state index in [1.165, 1.54) is 4.31 Å². The summed E-state index contributed by atoms with van der Waals surface area (Å²) in [5, 5.41) is 8.86. The number of ether oxygens (including phenoxy) is 1. The van der Waals surface area contributed by atoms with E-state index in [4.69, 9.17) is 9.84 Å². The van der Waals surface area contributed by atoms with Gasteiger partial charge >= 0.3 is 0 Å². The van der Waals surface area contributed by atoms with Crippen LogP contribution in [-0.4, -0.2) is 55.5 Å². The van der Waals surface area contributed by atoms with Gasteiger partial charge < -0.3 is 9.84 Å². The predicted octanol–water partition coefficient (Wildman–Crippen LogP) is -0.0481. The fourth-order valence-electron chi connectivity index (χ4n) is 2.49. The normalized spacial score (nSPS) is 29.7. The molecule has 0 radical (unpaired) electrons. The molecule has 2 fully saturated rings. The summed E-state index contributed by atoms with van der Waals surface area (Å²) in [7, 11) is -3.23. The largest absolute Gasteiger partial charge is 0.395 e. The van der Waals surface area contributed by atoms with Crippen molar-refractivity contribution in [2.24, 2.45) is 0 Å². The van der Waals surface area contributed by atoms with Gasteiger partial charge in [-0.05, 0) is 25.7 Å². The Hall–Kier alpha value is -0.170. The van der Waals surface area contributed by atoms with Gasteiger partial charge in [0.25, 0.3) is 0 Å². The Morgan fingerprint density at radius 3 is 2.56 bits per heavy atom. The second-order valence-electron chi connectivity index (χ2n) is 4.45. The van der Waals surface area contributed by atoms with Gasteiger partial charge in [-0.1, -0.05) is 0 Å². The summed E-state index contributed by atoms with van der Waals surface area (Å²) in [5.41, 5.74) is 0. The lowest BCUT2D eigenvalue weighted by molar-refractivity contribution is 0.0966. The molecule has 1 unspecified atom stereocenters. The molecule has 2 rings (SSSR count). The van der Waals surface area contributed by atoms with Gasteiger partial charge in [0.2, 0.25) is 10.0 Å². The molecule has 0 amide bonds. The van der Waals surface area contributed by atoms with E-state index in [0.29, 0.717) is 32.6 Å². The van der Waals surface area contributed by atoms with Gasteiger partial charge in [-0.15, -0.1) is 0 Å². The van der Waals surface area contributed by atoms with E-state index in [2.05, 4.69) is 0 Å². The number of nitrogens with zero attached hydrogens (tertiary/aromatic N) is 1.